The van der Waals surface area contributed by atoms with Gasteiger partial charge in [-0.15, -0.1) is 21.5 Å². The zero-order chi connectivity index (χ0) is 52.7. The third-order valence-corrected chi connectivity index (χ3v) is 14.0. The number of aromatic nitrogens is 8. The summed E-state index contributed by atoms with van der Waals surface area (Å²) in [5.41, 5.74) is 3.67. The highest BCUT2D eigenvalue weighted by Crippen LogP contribution is 2.37. The van der Waals surface area contributed by atoms with E-state index in [0.717, 1.165) is 69.3 Å². The van der Waals surface area contributed by atoms with Crippen LogP contribution in [0.15, 0.2) is 81.1 Å². The lowest BCUT2D eigenvalue weighted by Gasteiger charge is -2.27. The molecular weight excluding hydrogens is 1040 g/mol. The van der Waals surface area contributed by atoms with Crippen LogP contribution < -0.4 is 21.3 Å². The van der Waals surface area contributed by atoms with Gasteiger partial charge >= 0.3 is 5.97 Å². The lowest BCUT2D eigenvalue weighted by molar-refractivity contribution is -0.139. The van der Waals surface area contributed by atoms with Gasteiger partial charge in [-0.25, -0.2) is 22.9 Å². The number of aryl methyl sites for hydroxylation is 2. The summed E-state index contributed by atoms with van der Waals surface area (Å²) < 4.78 is 52.2. The Bertz CT molecular complexity index is 3010. The van der Waals surface area contributed by atoms with E-state index in [1.54, 1.807) is 51.0 Å². The first-order chi connectivity index (χ1) is 35.7. The van der Waals surface area contributed by atoms with Crippen LogP contribution in [-0.4, -0.2) is 82.1 Å². The zero-order valence-corrected chi connectivity index (χ0v) is 44.1. The van der Waals surface area contributed by atoms with Crippen molar-refractivity contribution in [1.29, 1.82) is 0 Å². The highest BCUT2D eigenvalue weighted by molar-refractivity contribution is 9.10. The van der Waals surface area contributed by atoms with Crippen LogP contribution in [0.3, 0.4) is 0 Å². The van der Waals surface area contributed by atoms with E-state index >= 15 is 0 Å². The quantitative estimate of drug-likeness (QED) is 0.0165. The number of ether oxygens (including phenoxy) is 1. The smallest absolute Gasteiger partial charge is 0.338 e. The normalized spacial score (nSPS) is 13.5. The van der Waals surface area contributed by atoms with Gasteiger partial charge < -0.3 is 30.6 Å². The van der Waals surface area contributed by atoms with Crippen molar-refractivity contribution in [2.45, 2.75) is 117 Å². The maximum atomic E-state index is 14.1. The molecule has 18 nitrogen and oxygen atoms in total. The number of carbonyl (C=O) groups excluding carboxylic acids is 4. The SMILES string of the molecule is CCOC(=O)C1=C(CNCc2cn(CCCCCCCCCCCCn3cc(CNC(=O)C(=O)c4c(C)c(C(=O)Nc5ccc(F)c(F)c5)n(C)c4C)nn3)nn2)NC(c2nccs2)=NC1c1ccc(F)cc1Br. The molecule has 1 aliphatic heterocycles. The minimum atomic E-state index is -1.12. The third kappa shape index (κ3) is 14.3. The van der Waals surface area contributed by atoms with Gasteiger partial charge in [-0.3, -0.25) is 28.7 Å². The summed E-state index contributed by atoms with van der Waals surface area (Å²) in [7, 11) is 1.58. The molecule has 0 saturated heterocycles. The Morgan fingerprint density at radius 1 is 0.824 bits per heavy atom. The highest BCUT2D eigenvalue weighted by atomic mass is 79.9. The number of hydrogen-bond acceptors (Lipinski definition) is 14. The van der Waals surface area contributed by atoms with Gasteiger partial charge in [0.15, 0.2) is 22.5 Å². The number of benzene rings is 2. The minimum Gasteiger partial charge on any atom is -0.463 e. The van der Waals surface area contributed by atoms with Crippen LogP contribution >= 0.6 is 27.3 Å². The molecule has 2 aromatic carbocycles. The van der Waals surface area contributed by atoms with E-state index < -0.39 is 47.1 Å². The van der Waals surface area contributed by atoms with Crippen molar-refractivity contribution in [3.63, 3.8) is 0 Å². The fourth-order valence-electron chi connectivity index (χ4n) is 8.68. The van der Waals surface area contributed by atoms with Gasteiger partial charge in [0.2, 0.25) is 0 Å². The van der Waals surface area contributed by atoms with Crippen LogP contribution in [0.1, 0.15) is 131 Å². The number of ketones is 1. The van der Waals surface area contributed by atoms with Crippen LogP contribution in [0.25, 0.3) is 0 Å². The second-order valence-electron chi connectivity index (χ2n) is 17.8. The summed E-state index contributed by atoms with van der Waals surface area (Å²) >= 11 is 4.88. The molecule has 6 aromatic rings. The van der Waals surface area contributed by atoms with E-state index in [1.165, 1.54) is 53.4 Å². The van der Waals surface area contributed by atoms with Crippen LogP contribution in [-0.2, 0) is 47.6 Å². The Morgan fingerprint density at radius 3 is 2.08 bits per heavy atom. The molecule has 0 bridgehead atoms. The Kier molecular flexibility index (Phi) is 19.6. The number of halogens is 4. The van der Waals surface area contributed by atoms with Gasteiger partial charge in [-0.2, -0.15) is 0 Å². The average Bonchev–Trinajstić information content (AvgIpc) is 4.21. The largest absolute Gasteiger partial charge is 0.463 e. The topological polar surface area (TPSA) is 217 Å². The first-order valence-electron chi connectivity index (χ1n) is 24.6. The molecule has 4 N–H and O–H groups in total. The van der Waals surface area contributed by atoms with Crippen LogP contribution in [0.2, 0.25) is 0 Å². The van der Waals surface area contributed by atoms with Crippen molar-refractivity contribution in [2.75, 3.05) is 18.5 Å². The van der Waals surface area contributed by atoms with E-state index in [2.05, 4.69) is 62.8 Å². The molecule has 1 atom stereocenters. The lowest BCUT2D eigenvalue weighted by Crippen LogP contribution is -2.38. The van der Waals surface area contributed by atoms with Crippen LogP contribution in [0.5, 0.6) is 0 Å². The van der Waals surface area contributed by atoms with Gasteiger partial charge in [0.1, 0.15) is 23.2 Å². The first-order valence-corrected chi connectivity index (χ1v) is 26.2. The molecule has 0 saturated carbocycles. The molecule has 2 amide bonds. The van der Waals surface area contributed by atoms with Gasteiger partial charge in [0.25, 0.3) is 17.6 Å². The van der Waals surface area contributed by atoms with Crippen molar-refractivity contribution in [3.05, 3.63) is 138 Å². The molecule has 7 rings (SSSR count). The molecule has 0 fully saturated rings. The Labute approximate surface area is 438 Å². The van der Waals surface area contributed by atoms with Gasteiger partial charge in [0, 0.05) is 78.6 Å². The number of unbranched alkanes of at least 4 members (excludes halogenated alkanes) is 9. The average molecular weight is 1100 g/mol. The zero-order valence-electron chi connectivity index (χ0n) is 41.7. The summed E-state index contributed by atoms with van der Waals surface area (Å²) in [6.07, 6.45) is 16.4. The Hall–Kier alpha value is -6.85. The van der Waals surface area contributed by atoms with E-state index in [0.29, 0.717) is 56.6 Å². The number of Topliss-reactive ketones (excluding diaryl/α,β-unsaturated/α-hetero) is 1. The number of carbonyl (C=O) groups is 4. The molecule has 1 aliphatic rings. The predicted molar refractivity (Wildman–Crippen MR) is 276 cm³/mol. The van der Waals surface area contributed by atoms with Crippen molar-refractivity contribution in [1.82, 2.24) is 55.5 Å². The van der Waals surface area contributed by atoms with Crippen LogP contribution in [0.4, 0.5) is 18.9 Å². The molecule has 23 heteroatoms. The molecule has 4 aromatic heterocycles. The van der Waals surface area contributed by atoms with Crippen molar-refractivity contribution >= 4 is 62.4 Å². The van der Waals surface area contributed by atoms with E-state index in [-0.39, 0.29) is 42.2 Å². The Morgan fingerprint density at radius 2 is 1.47 bits per heavy atom. The number of nitrogens with zero attached hydrogens (tertiary/aromatic N) is 9. The number of rotatable bonds is 27. The monoisotopic (exact) mass is 1100 g/mol. The maximum absolute atomic E-state index is 14.1. The molecule has 0 spiro atoms. The van der Waals surface area contributed by atoms with Gasteiger partial charge in [-0.05, 0) is 69.0 Å². The standard InChI is InChI=1S/C51H59BrF3N13O5S/c1-5-73-51(72)43-41(60-47(50-57-20-23-74-50)61-44(43)37-18-16-33(53)24-38(37)52)28-56-26-35-29-67(64-62-35)21-14-12-10-8-6-7-9-11-13-15-22-68-30-36(63-65-68)27-58-49(71)46(69)42-31(2)45(66(4)32(42)3)48(70)59-34-17-19-39(54)40(55)25-34/h16-20,23-25,29-30,44,56H,5-15,21-22,26-28H2,1-4H3,(H,58,71)(H,59,70)(H,60,61). The van der Waals surface area contributed by atoms with E-state index in [4.69, 9.17) is 9.73 Å². The molecule has 1 unspecified atom stereocenters. The van der Waals surface area contributed by atoms with E-state index in [1.807, 2.05) is 16.3 Å². The number of amidine groups is 1. The molecule has 0 radical (unpaired) electrons. The van der Waals surface area contributed by atoms with E-state index in [9.17, 15) is 32.3 Å². The number of amides is 2. The summed E-state index contributed by atoms with van der Waals surface area (Å²) in [6.45, 7) is 7.20. The van der Waals surface area contributed by atoms with Crippen molar-refractivity contribution < 1.29 is 37.1 Å². The molecule has 5 heterocycles. The highest BCUT2D eigenvalue weighted by Gasteiger charge is 2.34. The lowest BCUT2D eigenvalue weighted by atomic mass is 9.95. The van der Waals surface area contributed by atoms with Crippen molar-refractivity contribution in [2.24, 2.45) is 12.0 Å². The third-order valence-electron chi connectivity index (χ3n) is 12.5. The number of esters is 1. The predicted octanol–water partition coefficient (Wildman–Crippen LogP) is 8.51. The first kappa shape index (κ1) is 54.9. The molecule has 0 aliphatic carbocycles. The molecule has 74 heavy (non-hydrogen) atoms. The fourth-order valence-corrected chi connectivity index (χ4v) is 9.83. The maximum Gasteiger partial charge on any atom is 0.338 e. The summed E-state index contributed by atoms with van der Waals surface area (Å²) in [6, 6.07) is 6.51. The second-order valence-corrected chi connectivity index (χ2v) is 19.5. The number of hydrogen-bond donors (Lipinski definition) is 4. The number of aliphatic imine (C=N–C) groups is 1. The van der Waals surface area contributed by atoms with Gasteiger partial charge in [0.05, 0.1) is 36.2 Å². The number of thiazole rings is 1. The molecule has 392 valence electrons. The number of anilines is 1. The Balaban J connectivity index is 0.750. The minimum absolute atomic E-state index is 0.00618. The number of nitrogens with one attached hydrogen (secondary N) is 4. The van der Waals surface area contributed by atoms with Crippen LogP contribution in [0, 0.1) is 31.3 Å². The van der Waals surface area contributed by atoms with Gasteiger partial charge in [-0.1, -0.05) is 83.8 Å². The summed E-state index contributed by atoms with van der Waals surface area (Å²) in [5.74, 6) is -4.92. The molecular formula is C51H59BrF3N13O5S. The fraction of sp³-hybridized carbons (Fsp3) is 0.412. The van der Waals surface area contributed by atoms with Crippen molar-refractivity contribution in [3.8, 4) is 0 Å². The summed E-state index contributed by atoms with van der Waals surface area (Å²) in [5, 5.41) is 31.3. The summed E-state index contributed by atoms with van der Waals surface area (Å²) in [4.78, 5) is 62.0. The second kappa shape index (κ2) is 26.4.